The van der Waals surface area contributed by atoms with E-state index in [0.717, 1.165) is 10.4 Å². The Morgan fingerprint density at radius 1 is 1.19 bits per heavy atom. The minimum Gasteiger partial charge on any atom is -0.467 e. The van der Waals surface area contributed by atoms with Crippen LogP contribution in [0.25, 0.3) is 11.3 Å². The van der Waals surface area contributed by atoms with Crippen molar-refractivity contribution >= 4 is 28.9 Å². The van der Waals surface area contributed by atoms with Gasteiger partial charge in [0.05, 0.1) is 19.1 Å². The number of ether oxygens (including phenoxy) is 1. The number of carbonyl (C=O) groups is 2. The van der Waals surface area contributed by atoms with Crippen LogP contribution < -0.4 is 4.90 Å². The van der Waals surface area contributed by atoms with Gasteiger partial charge in [0.25, 0.3) is 0 Å². The summed E-state index contributed by atoms with van der Waals surface area (Å²) in [5.74, 6) is -0.0856. The van der Waals surface area contributed by atoms with Crippen molar-refractivity contribution in [3.63, 3.8) is 0 Å². The average Bonchev–Trinajstić information content (AvgIpc) is 3.41. The molecule has 1 aliphatic heterocycles. The summed E-state index contributed by atoms with van der Waals surface area (Å²) in [5.41, 5.74) is 1.42. The van der Waals surface area contributed by atoms with Crippen LogP contribution >= 0.6 is 11.3 Å². The highest BCUT2D eigenvalue weighted by atomic mass is 32.1. The van der Waals surface area contributed by atoms with E-state index < -0.39 is 12.0 Å². The molecule has 0 saturated carbocycles. The summed E-state index contributed by atoms with van der Waals surface area (Å²) in [4.78, 5) is 28.1. The van der Waals surface area contributed by atoms with Gasteiger partial charge in [-0.1, -0.05) is 18.2 Å². The Morgan fingerprint density at radius 3 is 2.73 bits per heavy atom. The number of rotatable bonds is 4. The summed E-state index contributed by atoms with van der Waals surface area (Å²) in [6.45, 7) is 0. The van der Waals surface area contributed by atoms with E-state index >= 15 is 0 Å². The number of thiophene rings is 1. The van der Waals surface area contributed by atoms with E-state index in [1.54, 1.807) is 28.6 Å². The van der Waals surface area contributed by atoms with Gasteiger partial charge in [-0.15, -0.1) is 11.3 Å². The van der Waals surface area contributed by atoms with Gasteiger partial charge in [-0.3, -0.25) is 9.69 Å². The molecule has 2 aromatic heterocycles. The topological polar surface area (TPSA) is 59.8 Å². The second-order valence-corrected chi connectivity index (χ2v) is 7.03. The molecule has 1 saturated heterocycles. The molecule has 0 unspecified atom stereocenters. The third kappa shape index (κ3) is 2.72. The molecule has 4 rings (SSSR count). The van der Waals surface area contributed by atoms with Crippen molar-refractivity contribution in [1.82, 2.24) is 0 Å². The highest BCUT2D eigenvalue weighted by Gasteiger charge is 2.47. The Morgan fingerprint density at radius 2 is 2.04 bits per heavy atom. The van der Waals surface area contributed by atoms with Crippen molar-refractivity contribution in [1.29, 1.82) is 0 Å². The summed E-state index contributed by atoms with van der Waals surface area (Å²) in [6.07, 6.45) is 1.86. The van der Waals surface area contributed by atoms with E-state index in [1.807, 2.05) is 47.8 Å². The van der Waals surface area contributed by atoms with E-state index in [2.05, 4.69) is 0 Å². The van der Waals surface area contributed by atoms with Crippen LogP contribution in [-0.2, 0) is 14.3 Å². The van der Waals surface area contributed by atoms with Gasteiger partial charge >= 0.3 is 5.97 Å². The molecule has 1 aromatic carbocycles. The molecule has 1 aliphatic rings. The molecule has 0 radical (unpaired) electrons. The van der Waals surface area contributed by atoms with Crippen LogP contribution in [-0.4, -0.2) is 25.0 Å². The van der Waals surface area contributed by atoms with Gasteiger partial charge in [0.1, 0.15) is 11.8 Å². The summed E-state index contributed by atoms with van der Waals surface area (Å²) in [5, 5.41) is 1.95. The van der Waals surface area contributed by atoms with Crippen molar-refractivity contribution in [2.24, 2.45) is 0 Å². The van der Waals surface area contributed by atoms with E-state index in [0.29, 0.717) is 11.4 Å². The first-order chi connectivity index (χ1) is 12.7. The Hall–Kier alpha value is -2.86. The van der Waals surface area contributed by atoms with Crippen LogP contribution in [0.2, 0.25) is 0 Å². The molecule has 6 heteroatoms. The summed E-state index contributed by atoms with van der Waals surface area (Å²) in [7, 11) is 1.35. The highest BCUT2D eigenvalue weighted by Crippen LogP contribution is 2.42. The molecule has 3 aromatic rings. The predicted octanol–water partition coefficient (Wildman–Crippen LogP) is 4.07. The molecule has 0 aliphatic carbocycles. The van der Waals surface area contributed by atoms with Gasteiger partial charge in [-0.05, 0) is 35.7 Å². The molecule has 0 spiro atoms. The molecule has 3 heterocycles. The normalized spacial score (nSPS) is 19.7. The summed E-state index contributed by atoms with van der Waals surface area (Å²) in [6, 6.07) is 14.3. The maximum atomic E-state index is 12.9. The SMILES string of the molecule is COC(=O)[C@H]1[C@H](c2cccs2)CC(=O)N1c1ccccc1-c1ccco1. The first-order valence-electron chi connectivity index (χ1n) is 8.27. The van der Waals surface area contributed by atoms with Crippen LogP contribution in [0.5, 0.6) is 0 Å². The fraction of sp³-hybridized carbons (Fsp3) is 0.200. The number of hydrogen-bond acceptors (Lipinski definition) is 5. The fourth-order valence-corrected chi connectivity index (χ4v) is 4.35. The lowest BCUT2D eigenvalue weighted by Gasteiger charge is -2.27. The minimum atomic E-state index is -0.692. The van der Waals surface area contributed by atoms with Crippen LogP contribution in [0, 0.1) is 0 Å². The number of benzene rings is 1. The summed E-state index contributed by atoms with van der Waals surface area (Å²) < 4.78 is 10.6. The second-order valence-electron chi connectivity index (χ2n) is 6.05. The molecule has 132 valence electrons. The van der Waals surface area contributed by atoms with Crippen LogP contribution in [0.15, 0.2) is 64.6 Å². The smallest absolute Gasteiger partial charge is 0.329 e. The van der Waals surface area contributed by atoms with Crippen molar-refractivity contribution in [3.05, 3.63) is 65.1 Å². The number of hydrogen-bond donors (Lipinski definition) is 0. The largest absolute Gasteiger partial charge is 0.467 e. The maximum absolute atomic E-state index is 12.9. The lowest BCUT2D eigenvalue weighted by Crippen LogP contribution is -2.41. The Bertz CT molecular complexity index is 917. The molecule has 5 nitrogen and oxygen atoms in total. The van der Waals surface area contributed by atoms with Crippen LogP contribution in [0.3, 0.4) is 0 Å². The van der Waals surface area contributed by atoms with E-state index in [1.165, 1.54) is 7.11 Å². The number of methoxy groups -OCH3 is 1. The minimum absolute atomic E-state index is 0.0993. The van der Waals surface area contributed by atoms with Crippen molar-refractivity contribution in [2.45, 2.75) is 18.4 Å². The van der Waals surface area contributed by atoms with Gasteiger partial charge in [0.15, 0.2) is 0 Å². The first kappa shape index (κ1) is 16.6. The van der Waals surface area contributed by atoms with Crippen molar-refractivity contribution < 1.29 is 18.7 Å². The van der Waals surface area contributed by atoms with E-state index in [9.17, 15) is 9.59 Å². The molecule has 1 fully saturated rings. The lowest BCUT2D eigenvalue weighted by molar-refractivity contribution is -0.142. The van der Waals surface area contributed by atoms with Crippen LogP contribution in [0.1, 0.15) is 17.2 Å². The Kier molecular flexibility index (Phi) is 4.34. The zero-order valence-electron chi connectivity index (χ0n) is 14.1. The number of anilines is 1. The second kappa shape index (κ2) is 6.80. The lowest BCUT2D eigenvalue weighted by atomic mass is 9.98. The number of esters is 1. The Labute approximate surface area is 154 Å². The Balaban J connectivity index is 1.83. The third-order valence-electron chi connectivity index (χ3n) is 4.62. The van der Waals surface area contributed by atoms with Crippen molar-refractivity contribution in [3.8, 4) is 11.3 Å². The fourth-order valence-electron chi connectivity index (χ4n) is 3.49. The van der Waals surface area contributed by atoms with Gasteiger partial charge in [0.2, 0.25) is 5.91 Å². The highest BCUT2D eigenvalue weighted by molar-refractivity contribution is 7.10. The molecule has 2 atom stereocenters. The van der Waals surface area contributed by atoms with Gasteiger partial charge < -0.3 is 9.15 Å². The first-order valence-corrected chi connectivity index (χ1v) is 9.15. The molecular weight excluding hydrogens is 350 g/mol. The number of amides is 1. The molecule has 1 amide bonds. The van der Waals surface area contributed by atoms with E-state index in [-0.39, 0.29) is 18.2 Å². The molecule has 26 heavy (non-hydrogen) atoms. The maximum Gasteiger partial charge on any atom is 0.329 e. The monoisotopic (exact) mass is 367 g/mol. The average molecular weight is 367 g/mol. The number of para-hydroxylation sites is 1. The number of carbonyl (C=O) groups excluding carboxylic acids is 2. The third-order valence-corrected chi connectivity index (χ3v) is 5.63. The molecular formula is C20H17NO4S. The zero-order valence-corrected chi connectivity index (χ0v) is 14.9. The quantitative estimate of drug-likeness (QED) is 0.652. The predicted molar refractivity (Wildman–Crippen MR) is 99.1 cm³/mol. The zero-order chi connectivity index (χ0) is 18.1. The van der Waals surface area contributed by atoms with Gasteiger partial charge in [-0.25, -0.2) is 4.79 Å². The van der Waals surface area contributed by atoms with Gasteiger partial charge in [-0.2, -0.15) is 0 Å². The number of nitrogens with zero attached hydrogens (tertiary/aromatic N) is 1. The standard InChI is InChI=1S/C20H17NO4S/c1-24-20(23)19-14(17-9-5-11-26-17)12-18(22)21(19)15-7-3-2-6-13(15)16-8-4-10-25-16/h2-11,14,19H,12H2,1H3/t14-,19+/m0/s1. The van der Waals surface area contributed by atoms with Crippen LogP contribution in [0.4, 0.5) is 5.69 Å². The van der Waals surface area contributed by atoms with Gasteiger partial charge in [0, 0.05) is 22.8 Å². The van der Waals surface area contributed by atoms with E-state index in [4.69, 9.17) is 9.15 Å². The summed E-state index contributed by atoms with van der Waals surface area (Å²) >= 11 is 1.55. The molecule has 0 bridgehead atoms. The molecule has 0 N–H and O–H groups in total. The van der Waals surface area contributed by atoms with Crippen molar-refractivity contribution in [2.75, 3.05) is 12.0 Å². The number of furan rings is 1.